The number of benzene rings is 1. The molecule has 0 unspecified atom stereocenters. The van der Waals surface area contributed by atoms with E-state index >= 15 is 0 Å². The highest BCUT2D eigenvalue weighted by atomic mass is 16.5. The number of ether oxygens (including phenoxy) is 1. The van der Waals surface area contributed by atoms with Crippen molar-refractivity contribution in [3.8, 4) is 5.75 Å². The Morgan fingerprint density at radius 1 is 1.42 bits per heavy atom. The minimum Gasteiger partial charge on any atom is -0.343 e. The minimum absolute atomic E-state index is 0.0557. The van der Waals surface area contributed by atoms with Crippen LogP contribution >= 0.6 is 0 Å². The van der Waals surface area contributed by atoms with E-state index in [4.69, 9.17) is 4.74 Å². The highest BCUT2D eigenvalue weighted by Crippen LogP contribution is 2.12. The molecule has 1 rings (SSSR count). The van der Waals surface area contributed by atoms with Crippen LogP contribution in [0.25, 0.3) is 0 Å². The summed E-state index contributed by atoms with van der Waals surface area (Å²) in [6.07, 6.45) is 0. The molecule has 12 heavy (non-hydrogen) atoms. The van der Waals surface area contributed by atoms with Crippen LogP contribution in [0.15, 0.2) is 24.3 Å². The molecule has 0 N–H and O–H groups in total. The highest BCUT2D eigenvalue weighted by Gasteiger charge is 1.99. The molecule has 1 aromatic rings. The summed E-state index contributed by atoms with van der Waals surface area (Å²) in [5, 5.41) is 0. The lowest BCUT2D eigenvalue weighted by Crippen LogP contribution is -1.91. The lowest BCUT2D eigenvalue weighted by Gasteiger charge is -1.97. The maximum atomic E-state index is 10.9. The Kier molecular flexibility index (Phi) is 2.75. The zero-order valence-electron chi connectivity index (χ0n) is 6.91. The Hall–Kier alpha value is -1.44. The molecule has 0 fully saturated rings. The van der Waals surface area contributed by atoms with Gasteiger partial charge >= 0.3 is 0 Å². The van der Waals surface area contributed by atoms with Crippen molar-refractivity contribution >= 4 is 5.78 Å². The first-order valence-corrected chi connectivity index (χ1v) is 3.62. The van der Waals surface area contributed by atoms with Gasteiger partial charge in [0.1, 0.15) is 6.61 Å². The number of Topliss-reactive ketones (excluding diaryl/α,β-unsaturated/α-hetero) is 1. The van der Waals surface area contributed by atoms with E-state index in [1.807, 2.05) is 0 Å². The molecule has 62 valence electrons. The van der Waals surface area contributed by atoms with E-state index in [9.17, 15) is 4.79 Å². The predicted octanol–water partition coefficient (Wildman–Crippen LogP) is 2.26. The molecular weight excluding hydrogens is 152 g/mol. The Morgan fingerprint density at radius 2 is 2.00 bits per heavy atom. The number of ketones is 1. The number of carbonyl (C=O) groups excluding carboxylic acids is 1. The van der Waals surface area contributed by atoms with Gasteiger partial charge in [0.15, 0.2) is 11.5 Å². The van der Waals surface area contributed by atoms with Crippen molar-refractivity contribution in [3.05, 3.63) is 43.4 Å². The van der Waals surface area contributed by atoms with Crippen molar-refractivity contribution in [2.75, 3.05) is 0 Å². The maximum Gasteiger partial charge on any atom is 0.178 e. The van der Waals surface area contributed by atoms with Crippen molar-refractivity contribution in [2.45, 2.75) is 6.92 Å². The summed E-state index contributed by atoms with van der Waals surface area (Å²) in [6, 6.07) is 6.92. The summed E-state index contributed by atoms with van der Waals surface area (Å²) in [7, 11) is 0. The van der Waals surface area contributed by atoms with Crippen LogP contribution in [-0.4, -0.2) is 5.78 Å². The monoisotopic (exact) mass is 162 g/mol. The lowest BCUT2D eigenvalue weighted by atomic mass is 10.1. The molecule has 2 heteroatoms. The van der Waals surface area contributed by atoms with E-state index in [1.165, 1.54) is 13.5 Å². The van der Waals surface area contributed by atoms with E-state index in [1.54, 1.807) is 24.3 Å². The largest absolute Gasteiger partial charge is 0.343 e. The average molecular weight is 162 g/mol. The van der Waals surface area contributed by atoms with E-state index < -0.39 is 0 Å². The van der Waals surface area contributed by atoms with Crippen molar-refractivity contribution in [1.82, 2.24) is 0 Å². The second kappa shape index (κ2) is 3.81. The Labute approximate surface area is 72.2 Å². The molecule has 0 atom stereocenters. The molecule has 0 saturated heterocycles. The number of hydrogen-bond acceptors (Lipinski definition) is 2. The second-order valence-corrected chi connectivity index (χ2v) is 2.37. The summed E-state index contributed by atoms with van der Waals surface area (Å²) in [6.45, 7) is 6.31. The maximum absolute atomic E-state index is 10.9. The number of rotatable bonds is 3. The SMILES string of the molecule is [CH2-][CH+]Oc1ccc(C(C)=O)cc1. The van der Waals surface area contributed by atoms with E-state index in [2.05, 4.69) is 6.92 Å². The first-order valence-electron chi connectivity index (χ1n) is 3.62. The van der Waals surface area contributed by atoms with Gasteiger partial charge in [0.05, 0.1) is 0 Å². The van der Waals surface area contributed by atoms with Gasteiger partial charge in [-0.25, -0.2) is 0 Å². The van der Waals surface area contributed by atoms with Crippen LogP contribution in [0.1, 0.15) is 17.3 Å². The van der Waals surface area contributed by atoms with Gasteiger partial charge in [0.2, 0.25) is 0 Å². The summed E-state index contributed by atoms with van der Waals surface area (Å²) < 4.78 is 4.99. The summed E-state index contributed by atoms with van der Waals surface area (Å²) in [4.78, 5) is 10.9. The van der Waals surface area contributed by atoms with Gasteiger partial charge in [0.25, 0.3) is 0 Å². The van der Waals surface area contributed by atoms with Crippen molar-refractivity contribution in [2.24, 2.45) is 0 Å². The van der Waals surface area contributed by atoms with Crippen LogP contribution < -0.4 is 4.74 Å². The fourth-order valence-electron chi connectivity index (χ4n) is 0.864. The predicted molar refractivity (Wildman–Crippen MR) is 46.7 cm³/mol. The van der Waals surface area contributed by atoms with Gasteiger partial charge in [-0.05, 0) is 31.2 Å². The smallest absolute Gasteiger partial charge is 0.178 e. The molecule has 0 spiro atoms. The van der Waals surface area contributed by atoms with Gasteiger partial charge in [0, 0.05) is 5.56 Å². The molecular formula is C10H10O2. The molecule has 0 aliphatic heterocycles. The van der Waals surface area contributed by atoms with Crippen LogP contribution in [0.2, 0.25) is 0 Å². The molecule has 0 radical (unpaired) electrons. The summed E-state index contributed by atoms with van der Waals surface area (Å²) in [5.41, 5.74) is 0.686. The molecule has 1 aromatic carbocycles. The third-order valence-electron chi connectivity index (χ3n) is 1.48. The van der Waals surface area contributed by atoms with Crippen LogP contribution in [0.5, 0.6) is 5.75 Å². The highest BCUT2D eigenvalue weighted by molar-refractivity contribution is 5.94. The molecule has 0 saturated carbocycles. The van der Waals surface area contributed by atoms with Gasteiger partial charge in [-0.2, -0.15) is 0 Å². The van der Waals surface area contributed by atoms with Crippen LogP contribution in [0.4, 0.5) is 0 Å². The number of hydrogen-bond donors (Lipinski definition) is 0. The quantitative estimate of drug-likeness (QED) is 0.503. The van der Waals surface area contributed by atoms with Gasteiger partial charge in [-0.1, -0.05) is 0 Å². The minimum atomic E-state index is 0.0557. The first-order chi connectivity index (χ1) is 5.74. The third kappa shape index (κ3) is 2.02. The molecule has 0 bridgehead atoms. The van der Waals surface area contributed by atoms with Gasteiger partial charge in [-0.3, -0.25) is 4.79 Å². The zero-order chi connectivity index (χ0) is 8.97. The summed E-state index contributed by atoms with van der Waals surface area (Å²) >= 11 is 0. The average Bonchev–Trinajstić information content (AvgIpc) is 2.06. The molecule has 0 aliphatic rings. The van der Waals surface area contributed by atoms with Crippen molar-refractivity contribution in [3.63, 3.8) is 0 Å². The standard InChI is InChI=1S/C10H10O2/c1-3-12-10-6-4-9(5-7-10)8(2)11/h3-7H,1H2,2H3. The molecule has 0 aromatic heterocycles. The van der Waals surface area contributed by atoms with Crippen LogP contribution in [0.3, 0.4) is 0 Å². The fourth-order valence-corrected chi connectivity index (χ4v) is 0.864. The third-order valence-corrected chi connectivity index (χ3v) is 1.48. The van der Waals surface area contributed by atoms with Gasteiger partial charge in [-0.15, -0.1) is 6.92 Å². The molecule has 0 heterocycles. The van der Waals surface area contributed by atoms with Gasteiger partial charge < -0.3 is 4.74 Å². The Morgan fingerprint density at radius 3 is 2.42 bits per heavy atom. The molecule has 2 nitrogen and oxygen atoms in total. The second-order valence-electron chi connectivity index (χ2n) is 2.37. The van der Waals surface area contributed by atoms with Crippen molar-refractivity contribution in [1.29, 1.82) is 0 Å². The zero-order valence-corrected chi connectivity index (χ0v) is 6.91. The molecule has 0 amide bonds. The van der Waals surface area contributed by atoms with E-state index in [-0.39, 0.29) is 5.78 Å². The first kappa shape index (κ1) is 8.65. The van der Waals surface area contributed by atoms with Crippen LogP contribution in [-0.2, 0) is 0 Å². The normalized spacial score (nSPS) is 9.17. The molecule has 0 aliphatic carbocycles. The van der Waals surface area contributed by atoms with E-state index in [0.29, 0.717) is 11.3 Å². The number of carbonyl (C=O) groups is 1. The van der Waals surface area contributed by atoms with E-state index in [0.717, 1.165) is 0 Å². The van der Waals surface area contributed by atoms with Crippen molar-refractivity contribution < 1.29 is 9.53 Å². The van der Waals surface area contributed by atoms with Crippen LogP contribution in [0, 0.1) is 13.5 Å². The fraction of sp³-hybridized carbons (Fsp3) is 0.100. The lowest BCUT2D eigenvalue weighted by molar-refractivity contribution is 0.101. The summed E-state index contributed by atoms with van der Waals surface area (Å²) in [5.74, 6) is 0.746. The topological polar surface area (TPSA) is 26.3 Å². The Bertz CT molecular complexity index is 262. The Balaban J connectivity index is 2.78.